The third-order valence-corrected chi connectivity index (χ3v) is 8.19. The molecule has 1 aliphatic carbocycles. The summed E-state index contributed by atoms with van der Waals surface area (Å²) in [5.41, 5.74) is -3.70. The molecule has 2 aromatic rings. The van der Waals surface area contributed by atoms with Crippen molar-refractivity contribution in [2.75, 3.05) is 5.32 Å². The number of rotatable bonds is 5. The Morgan fingerprint density at radius 3 is 1.85 bits per heavy atom. The van der Waals surface area contributed by atoms with Crippen molar-refractivity contribution in [3.05, 3.63) is 65.2 Å². The Morgan fingerprint density at radius 1 is 0.854 bits per heavy atom. The maximum atomic E-state index is 14.1. The summed E-state index contributed by atoms with van der Waals surface area (Å²) in [6.45, 7) is 5.27. The quantitative estimate of drug-likeness (QED) is 0.352. The van der Waals surface area contributed by atoms with E-state index in [-0.39, 0.29) is 12.0 Å². The number of likely N-dealkylation sites (tertiary alicyclic amines) is 1. The van der Waals surface area contributed by atoms with Crippen molar-refractivity contribution < 1.29 is 41.0 Å². The van der Waals surface area contributed by atoms with Gasteiger partial charge in [0.15, 0.2) is 0 Å². The van der Waals surface area contributed by atoms with Crippen LogP contribution in [0.4, 0.5) is 32.0 Å². The molecule has 0 unspecified atom stereocenters. The molecule has 1 amide bonds. The first-order valence-electron chi connectivity index (χ1n) is 13.7. The summed E-state index contributed by atoms with van der Waals surface area (Å²) >= 11 is 0. The molecule has 2 aliphatic rings. The average Bonchev–Trinajstić information content (AvgIpc) is 3.23. The van der Waals surface area contributed by atoms with Crippen LogP contribution in [0.5, 0.6) is 0 Å². The van der Waals surface area contributed by atoms with E-state index in [4.69, 9.17) is 0 Å². The lowest BCUT2D eigenvalue weighted by atomic mass is 9.72. The number of hydrogen-bond donors (Lipinski definition) is 2. The highest BCUT2D eigenvalue weighted by Crippen LogP contribution is 2.50. The summed E-state index contributed by atoms with van der Waals surface area (Å²) in [5.74, 6) is -2.92. The smallest absolute Gasteiger partial charge is 0.416 e. The van der Waals surface area contributed by atoms with Gasteiger partial charge in [0.2, 0.25) is 5.91 Å². The van der Waals surface area contributed by atoms with Crippen LogP contribution >= 0.6 is 0 Å². The van der Waals surface area contributed by atoms with E-state index in [1.807, 2.05) is 0 Å². The molecule has 1 saturated heterocycles. The molecule has 1 heterocycles. The summed E-state index contributed by atoms with van der Waals surface area (Å²) in [4.78, 5) is 28.3. The fourth-order valence-electron chi connectivity index (χ4n) is 6.45. The van der Waals surface area contributed by atoms with Crippen LogP contribution in [0.25, 0.3) is 0 Å². The molecule has 4 atom stereocenters. The highest BCUT2D eigenvalue weighted by Gasteiger charge is 2.58. The van der Waals surface area contributed by atoms with Gasteiger partial charge in [-0.3, -0.25) is 4.79 Å². The van der Waals surface area contributed by atoms with Gasteiger partial charge in [-0.05, 0) is 42.0 Å². The van der Waals surface area contributed by atoms with Crippen molar-refractivity contribution in [1.82, 2.24) is 4.90 Å². The van der Waals surface area contributed by atoms with Crippen LogP contribution in [-0.4, -0.2) is 34.0 Å². The molecular weight excluding hydrogens is 550 g/mol. The predicted octanol–water partition coefficient (Wildman–Crippen LogP) is 7.78. The Kier molecular flexibility index (Phi) is 8.40. The molecule has 0 radical (unpaired) electrons. The lowest BCUT2D eigenvalue weighted by Crippen LogP contribution is -2.49. The first-order chi connectivity index (χ1) is 19.0. The molecule has 2 N–H and O–H groups in total. The summed E-state index contributed by atoms with van der Waals surface area (Å²) in [5, 5.41) is 13.4. The molecule has 224 valence electrons. The van der Waals surface area contributed by atoms with Gasteiger partial charge in [-0.2, -0.15) is 26.3 Å². The van der Waals surface area contributed by atoms with E-state index >= 15 is 0 Å². The van der Waals surface area contributed by atoms with Crippen LogP contribution in [-0.2, 0) is 21.9 Å². The topological polar surface area (TPSA) is 69.6 Å². The zero-order chi connectivity index (χ0) is 30.3. The lowest BCUT2D eigenvalue weighted by molar-refractivity contribution is -0.154. The van der Waals surface area contributed by atoms with Crippen LogP contribution in [0.2, 0.25) is 0 Å². The first-order valence-corrected chi connectivity index (χ1v) is 13.7. The third kappa shape index (κ3) is 6.48. The van der Waals surface area contributed by atoms with Crippen LogP contribution in [0.15, 0.2) is 48.5 Å². The van der Waals surface area contributed by atoms with Gasteiger partial charge in [0.05, 0.1) is 23.2 Å². The van der Waals surface area contributed by atoms with Gasteiger partial charge in [0.1, 0.15) is 6.04 Å². The van der Waals surface area contributed by atoms with E-state index in [1.54, 1.807) is 51.1 Å². The Bertz CT molecular complexity index is 1220. The van der Waals surface area contributed by atoms with Gasteiger partial charge in [0, 0.05) is 17.5 Å². The van der Waals surface area contributed by atoms with E-state index in [1.165, 1.54) is 4.90 Å². The molecular formula is C30H34F6N2O3. The Balaban J connectivity index is 1.91. The standard InChI is InChI=1S/C30H34F6N2O3/c1-28(2,3)22-23(37-21-15-19(29(31,32)33)14-20(16-21)30(34,35)36)24(17-10-6-4-7-11-17)38(25(22)27(40)41)26(39)18-12-8-5-9-13-18/h4,6-7,10-11,14-16,18,22-25,37H,5,8-9,12-13H2,1-3H3,(H,40,41)/t22-,23-,24-,25-/m0/s1. The van der Waals surface area contributed by atoms with Crippen molar-refractivity contribution in [1.29, 1.82) is 0 Å². The molecule has 4 rings (SSSR count). The van der Waals surface area contributed by atoms with Gasteiger partial charge in [-0.1, -0.05) is 70.4 Å². The summed E-state index contributed by atoms with van der Waals surface area (Å²) in [7, 11) is 0. The summed E-state index contributed by atoms with van der Waals surface area (Å²) < 4.78 is 82.0. The van der Waals surface area contributed by atoms with E-state index in [2.05, 4.69) is 5.32 Å². The van der Waals surface area contributed by atoms with Gasteiger partial charge in [-0.15, -0.1) is 0 Å². The van der Waals surface area contributed by atoms with Gasteiger partial charge in [0.25, 0.3) is 0 Å². The van der Waals surface area contributed by atoms with E-state index in [0.717, 1.165) is 19.3 Å². The minimum absolute atomic E-state index is 0.0503. The highest BCUT2D eigenvalue weighted by atomic mass is 19.4. The second-order valence-corrected chi connectivity index (χ2v) is 12.1. The molecule has 5 nitrogen and oxygen atoms in total. The monoisotopic (exact) mass is 584 g/mol. The van der Waals surface area contributed by atoms with Gasteiger partial charge < -0.3 is 15.3 Å². The number of carboxylic acid groups (broad SMARTS) is 1. The number of benzene rings is 2. The largest absolute Gasteiger partial charge is 0.480 e. The molecule has 0 spiro atoms. The zero-order valence-corrected chi connectivity index (χ0v) is 23.0. The molecule has 1 saturated carbocycles. The summed E-state index contributed by atoms with van der Waals surface area (Å²) in [6.07, 6.45) is -6.35. The molecule has 11 heteroatoms. The number of hydrogen-bond acceptors (Lipinski definition) is 3. The number of anilines is 1. The molecule has 2 aromatic carbocycles. The van der Waals surface area contributed by atoms with E-state index in [9.17, 15) is 41.0 Å². The molecule has 2 fully saturated rings. The minimum Gasteiger partial charge on any atom is -0.480 e. The van der Waals surface area contributed by atoms with Crippen molar-refractivity contribution in [3.63, 3.8) is 0 Å². The van der Waals surface area contributed by atoms with Crippen LogP contribution < -0.4 is 5.32 Å². The number of alkyl halides is 6. The lowest BCUT2D eigenvalue weighted by Gasteiger charge is -2.36. The van der Waals surface area contributed by atoms with Gasteiger partial charge in [-0.25, -0.2) is 4.79 Å². The molecule has 0 aromatic heterocycles. The SMILES string of the molecule is CC(C)(C)[C@H]1[C@H](Nc2cc(C(F)(F)F)cc(C(F)(F)F)c2)[C@H](c2ccccc2)N(C(=O)C2CCCCC2)[C@@H]1C(=O)O. The second-order valence-electron chi connectivity index (χ2n) is 12.1. The average molecular weight is 585 g/mol. The van der Waals surface area contributed by atoms with Crippen LogP contribution in [0.1, 0.15) is 75.6 Å². The number of aliphatic carboxylic acids is 1. The van der Waals surface area contributed by atoms with E-state index < -0.39 is 70.5 Å². The Hall–Kier alpha value is -3.24. The number of amides is 1. The summed E-state index contributed by atoms with van der Waals surface area (Å²) in [6, 6.07) is 6.41. The van der Waals surface area contributed by atoms with Crippen LogP contribution in [0, 0.1) is 17.3 Å². The maximum absolute atomic E-state index is 14.1. The fraction of sp³-hybridized carbons (Fsp3) is 0.533. The number of carboxylic acids is 1. The van der Waals surface area contributed by atoms with Gasteiger partial charge >= 0.3 is 18.3 Å². The predicted molar refractivity (Wildman–Crippen MR) is 141 cm³/mol. The van der Waals surface area contributed by atoms with Crippen molar-refractivity contribution in [3.8, 4) is 0 Å². The van der Waals surface area contributed by atoms with Crippen molar-refractivity contribution >= 4 is 17.6 Å². The Labute approximate surface area is 234 Å². The molecule has 41 heavy (non-hydrogen) atoms. The van der Waals surface area contributed by atoms with Crippen LogP contribution in [0.3, 0.4) is 0 Å². The minimum atomic E-state index is -5.05. The number of halogens is 6. The fourth-order valence-corrected chi connectivity index (χ4v) is 6.45. The number of nitrogens with one attached hydrogen (secondary N) is 1. The number of carbonyl (C=O) groups is 2. The van der Waals surface area contributed by atoms with Crippen molar-refractivity contribution in [2.24, 2.45) is 17.3 Å². The number of carbonyl (C=O) groups excluding carboxylic acids is 1. The highest BCUT2D eigenvalue weighted by molar-refractivity contribution is 5.87. The zero-order valence-electron chi connectivity index (χ0n) is 23.0. The molecule has 1 aliphatic heterocycles. The number of nitrogens with zero attached hydrogens (tertiary/aromatic N) is 1. The maximum Gasteiger partial charge on any atom is 0.416 e. The third-order valence-electron chi connectivity index (χ3n) is 8.19. The molecule has 0 bridgehead atoms. The van der Waals surface area contributed by atoms with Crippen molar-refractivity contribution in [2.45, 2.75) is 83.4 Å². The first kappa shape index (κ1) is 30.7. The normalized spacial score (nSPS) is 24.4. The van der Waals surface area contributed by atoms with E-state index in [0.29, 0.717) is 30.5 Å². The Morgan fingerprint density at radius 2 is 1.39 bits per heavy atom. The second kappa shape index (κ2) is 11.2.